The van der Waals surface area contributed by atoms with Crippen LogP contribution in [0.1, 0.15) is 108 Å². The highest BCUT2D eigenvalue weighted by Crippen LogP contribution is 2.49. The molecule has 1 saturated carbocycles. The second-order valence-corrected chi connectivity index (χ2v) is 13.2. The Morgan fingerprint density at radius 2 is 1.70 bits per heavy atom. The Bertz CT molecular complexity index is 1660. The zero-order valence-electron chi connectivity index (χ0n) is 27.8. The monoisotopic (exact) mass is 623 g/mol. The van der Waals surface area contributed by atoms with Crippen molar-refractivity contribution in [3.05, 3.63) is 75.7 Å². The number of benzene rings is 2. The Balaban J connectivity index is 1.38. The standard InChI is InChI=1S/C37H49N7O2/c1-4-7-9-17-32-31(26-27-19-21-28(22-20-27)29-15-10-11-16-30(29)34-38-40-41-39-34)35(45)44-33(18-14-25-43(32)44)37(23-12-8-13-24-37)36(46)42(5-2)6-3/h10-11,15-16,19-22,33H,4-9,12-14,17-18,23-26H2,1-3H3,(H,38,39,40,41). The molecule has 3 heterocycles. The Kier molecular flexibility index (Phi) is 9.85. The van der Waals surface area contributed by atoms with E-state index in [9.17, 15) is 9.59 Å². The number of fused-ring (bicyclic) bond motifs is 1. The molecule has 1 amide bonds. The van der Waals surface area contributed by atoms with Crippen LogP contribution in [-0.4, -0.2) is 53.9 Å². The first-order valence-corrected chi connectivity index (χ1v) is 17.6. The summed E-state index contributed by atoms with van der Waals surface area (Å²) in [5.41, 5.74) is 5.82. The summed E-state index contributed by atoms with van der Waals surface area (Å²) in [6.45, 7) is 8.64. The fourth-order valence-corrected chi connectivity index (χ4v) is 8.19. The Hall–Kier alpha value is -4.01. The first-order chi connectivity index (χ1) is 22.5. The second-order valence-electron chi connectivity index (χ2n) is 13.2. The summed E-state index contributed by atoms with van der Waals surface area (Å²) in [4.78, 5) is 31.0. The Labute approximate surface area is 272 Å². The molecule has 0 saturated heterocycles. The molecule has 9 nitrogen and oxygen atoms in total. The number of carbonyl (C=O) groups is 1. The summed E-state index contributed by atoms with van der Waals surface area (Å²) in [7, 11) is 0. The third kappa shape index (κ3) is 5.96. The summed E-state index contributed by atoms with van der Waals surface area (Å²) in [6.07, 6.45) is 11.7. The first kappa shape index (κ1) is 32.0. The van der Waals surface area contributed by atoms with Crippen LogP contribution in [0.25, 0.3) is 22.5 Å². The van der Waals surface area contributed by atoms with Gasteiger partial charge in [-0.15, -0.1) is 10.2 Å². The van der Waals surface area contributed by atoms with Crippen LogP contribution in [0.2, 0.25) is 0 Å². The number of rotatable bonds is 12. The maximum absolute atomic E-state index is 14.7. The fourth-order valence-electron chi connectivity index (χ4n) is 8.19. The van der Waals surface area contributed by atoms with Gasteiger partial charge in [0.05, 0.1) is 11.5 Å². The van der Waals surface area contributed by atoms with Crippen LogP contribution in [0.15, 0.2) is 53.3 Å². The zero-order chi connectivity index (χ0) is 32.1. The van der Waals surface area contributed by atoms with E-state index in [4.69, 9.17) is 0 Å². The van der Waals surface area contributed by atoms with Gasteiger partial charge in [-0.05, 0) is 74.3 Å². The molecule has 0 bridgehead atoms. The van der Waals surface area contributed by atoms with Gasteiger partial charge in [0.1, 0.15) is 0 Å². The van der Waals surface area contributed by atoms with Crippen LogP contribution in [0, 0.1) is 5.41 Å². The van der Waals surface area contributed by atoms with Gasteiger partial charge in [0.25, 0.3) is 5.56 Å². The maximum Gasteiger partial charge on any atom is 0.270 e. The molecule has 1 fully saturated rings. The molecule has 2 aliphatic rings. The highest BCUT2D eigenvalue weighted by Gasteiger charge is 2.50. The number of aromatic amines is 1. The summed E-state index contributed by atoms with van der Waals surface area (Å²) < 4.78 is 4.38. The number of tetrazole rings is 1. The smallest absolute Gasteiger partial charge is 0.270 e. The zero-order valence-corrected chi connectivity index (χ0v) is 27.8. The van der Waals surface area contributed by atoms with Crippen LogP contribution in [0.5, 0.6) is 0 Å². The third-order valence-electron chi connectivity index (χ3n) is 10.6. The van der Waals surface area contributed by atoms with Gasteiger partial charge >= 0.3 is 0 Å². The number of hydrogen-bond donors (Lipinski definition) is 1. The van der Waals surface area contributed by atoms with E-state index in [0.29, 0.717) is 25.3 Å². The number of nitrogens with one attached hydrogen (secondary N) is 1. The van der Waals surface area contributed by atoms with E-state index in [1.54, 1.807) is 0 Å². The van der Waals surface area contributed by atoms with E-state index in [-0.39, 0.29) is 17.5 Å². The normalized spacial score (nSPS) is 17.5. The summed E-state index contributed by atoms with van der Waals surface area (Å²) >= 11 is 0. The number of H-pyrrole nitrogens is 1. The molecule has 2 aromatic heterocycles. The van der Waals surface area contributed by atoms with Crippen molar-refractivity contribution in [1.82, 2.24) is 34.9 Å². The average molecular weight is 624 g/mol. The lowest BCUT2D eigenvalue weighted by Gasteiger charge is -2.47. The molecule has 6 rings (SSSR count). The van der Waals surface area contributed by atoms with Gasteiger partial charge in [-0.25, -0.2) is 4.68 Å². The lowest BCUT2D eigenvalue weighted by Crippen LogP contribution is -2.53. The van der Waals surface area contributed by atoms with Crippen LogP contribution >= 0.6 is 0 Å². The van der Waals surface area contributed by atoms with Crippen molar-refractivity contribution in [3.63, 3.8) is 0 Å². The molecule has 1 atom stereocenters. The number of nitrogens with zero attached hydrogens (tertiary/aromatic N) is 6. The van der Waals surface area contributed by atoms with E-state index in [2.05, 4.69) is 81.1 Å². The van der Waals surface area contributed by atoms with Gasteiger partial charge in [0.2, 0.25) is 11.7 Å². The van der Waals surface area contributed by atoms with Gasteiger partial charge in [-0.2, -0.15) is 5.21 Å². The maximum atomic E-state index is 14.7. The van der Waals surface area contributed by atoms with Crippen molar-refractivity contribution in [3.8, 4) is 22.5 Å². The molecule has 1 unspecified atom stereocenters. The largest absolute Gasteiger partial charge is 0.343 e. The van der Waals surface area contributed by atoms with E-state index in [0.717, 1.165) is 98.6 Å². The SMILES string of the molecule is CCCCCc1c(Cc2ccc(-c3ccccc3-c3nn[nH]n3)cc2)c(=O)n2n1CCCC2C1(C(=O)N(CC)CC)CCCCC1. The highest BCUT2D eigenvalue weighted by atomic mass is 16.2. The molecule has 1 aliphatic carbocycles. The molecule has 1 aliphatic heterocycles. The minimum Gasteiger partial charge on any atom is -0.343 e. The minimum absolute atomic E-state index is 0.0927. The van der Waals surface area contributed by atoms with E-state index < -0.39 is 5.41 Å². The highest BCUT2D eigenvalue weighted by molar-refractivity contribution is 5.83. The van der Waals surface area contributed by atoms with Gasteiger partial charge in [-0.3, -0.25) is 14.3 Å². The molecule has 9 heteroatoms. The summed E-state index contributed by atoms with van der Waals surface area (Å²) in [5, 5.41) is 14.7. The summed E-state index contributed by atoms with van der Waals surface area (Å²) in [6, 6.07) is 16.5. The number of carbonyl (C=O) groups excluding carboxylic acids is 1. The topological polar surface area (TPSA) is 102 Å². The molecule has 0 radical (unpaired) electrons. The summed E-state index contributed by atoms with van der Waals surface area (Å²) in [5.74, 6) is 0.822. The quantitative estimate of drug-likeness (QED) is 0.172. The molecular weight excluding hydrogens is 574 g/mol. The van der Waals surface area contributed by atoms with Crippen LogP contribution in [0.4, 0.5) is 0 Å². The van der Waals surface area contributed by atoms with Crippen LogP contribution in [-0.2, 0) is 24.2 Å². The van der Waals surface area contributed by atoms with Crippen LogP contribution < -0.4 is 5.56 Å². The lowest BCUT2D eigenvalue weighted by molar-refractivity contribution is -0.149. The minimum atomic E-state index is -0.504. The number of hydrogen-bond acceptors (Lipinski definition) is 5. The first-order valence-electron chi connectivity index (χ1n) is 17.6. The van der Waals surface area contributed by atoms with Crippen molar-refractivity contribution in [2.45, 2.75) is 110 Å². The van der Waals surface area contributed by atoms with Gasteiger partial charge in [-0.1, -0.05) is 87.6 Å². The molecule has 244 valence electrons. The predicted octanol–water partition coefficient (Wildman–Crippen LogP) is 6.97. The molecule has 2 aromatic carbocycles. The second kappa shape index (κ2) is 14.2. The predicted molar refractivity (Wildman–Crippen MR) is 181 cm³/mol. The van der Waals surface area contributed by atoms with Crippen molar-refractivity contribution in [2.75, 3.05) is 13.1 Å². The van der Waals surface area contributed by atoms with Crippen molar-refractivity contribution in [1.29, 1.82) is 0 Å². The van der Waals surface area contributed by atoms with Gasteiger partial charge < -0.3 is 4.90 Å². The van der Waals surface area contributed by atoms with E-state index in [1.807, 2.05) is 23.1 Å². The molecule has 46 heavy (non-hydrogen) atoms. The lowest BCUT2D eigenvalue weighted by atomic mass is 9.66. The van der Waals surface area contributed by atoms with Crippen molar-refractivity contribution < 1.29 is 4.79 Å². The fraction of sp³-hybridized carbons (Fsp3) is 0.541. The molecular formula is C37H49N7O2. The number of unbranched alkanes of at least 4 members (excludes halogenated alkanes) is 2. The Morgan fingerprint density at radius 3 is 2.37 bits per heavy atom. The molecule has 4 aromatic rings. The molecule has 0 spiro atoms. The van der Waals surface area contributed by atoms with Gasteiger partial charge in [0, 0.05) is 42.9 Å². The number of aromatic nitrogens is 6. The van der Waals surface area contributed by atoms with Crippen molar-refractivity contribution >= 4 is 5.91 Å². The Morgan fingerprint density at radius 1 is 0.957 bits per heavy atom. The van der Waals surface area contributed by atoms with E-state index >= 15 is 0 Å². The third-order valence-corrected chi connectivity index (χ3v) is 10.6. The van der Waals surface area contributed by atoms with Gasteiger partial charge in [0.15, 0.2) is 0 Å². The average Bonchev–Trinajstić information content (AvgIpc) is 3.73. The van der Waals surface area contributed by atoms with E-state index in [1.165, 1.54) is 12.1 Å². The number of amides is 1. The van der Waals surface area contributed by atoms with Crippen molar-refractivity contribution in [2.24, 2.45) is 5.41 Å². The molecule has 1 N–H and O–H groups in total. The van der Waals surface area contributed by atoms with Crippen LogP contribution in [0.3, 0.4) is 0 Å².